The van der Waals surface area contributed by atoms with Crippen molar-refractivity contribution in [1.82, 2.24) is 0 Å². The maximum Gasteiger partial charge on any atom is 0.148 e. The lowest BCUT2D eigenvalue weighted by molar-refractivity contribution is 0.184. The molecule has 2 unspecified atom stereocenters. The summed E-state index contributed by atoms with van der Waals surface area (Å²) < 4.78 is 6.98. The van der Waals surface area contributed by atoms with Crippen molar-refractivity contribution in [3.05, 3.63) is 50.1 Å². The van der Waals surface area contributed by atoms with Crippen molar-refractivity contribution in [3.8, 4) is 5.75 Å². The predicted molar refractivity (Wildman–Crippen MR) is 80.5 cm³/mol. The molecule has 2 nitrogen and oxygen atoms in total. The van der Waals surface area contributed by atoms with Gasteiger partial charge in [0.25, 0.3) is 0 Å². The molecule has 0 radical (unpaired) electrons. The Morgan fingerprint density at radius 1 is 1.39 bits per heavy atom. The molecule has 2 rings (SSSR count). The lowest BCUT2D eigenvalue weighted by atomic mass is 10.1. The van der Waals surface area contributed by atoms with Gasteiger partial charge in [-0.15, -0.1) is 11.3 Å². The van der Waals surface area contributed by atoms with Gasteiger partial charge in [0.2, 0.25) is 0 Å². The van der Waals surface area contributed by atoms with Crippen LogP contribution in [0.15, 0.2) is 40.2 Å². The number of thiophene rings is 1. The monoisotopic (exact) mass is 345 g/mol. The highest BCUT2D eigenvalue weighted by Crippen LogP contribution is 2.33. The first-order chi connectivity index (χ1) is 8.58. The van der Waals surface area contributed by atoms with E-state index >= 15 is 0 Å². The Kier molecular flexibility index (Phi) is 4.67. The summed E-state index contributed by atoms with van der Waals surface area (Å²) in [5.74, 6) is 0.658. The van der Waals surface area contributed by atoms with Gasteiger partial charge in [0, 0.05) is 20.8 Å². The van der Waals surface area contributed by atoms with Gasteiger partial charge in [-0.2, -0.15) is 0 Å². The highest BCUT2D eigenvalue weighted by Gasteiger charge is 2.21. The minimum atomic E-state index is -0.193. The summed E-state index contributed by atoms with van der Waals surface area (Å²) in [5.41, 5.74) is 6.00. The lowest BCUT2D eigenvalue weighted by Gasteiger charge is -2.22. The Hall–Kier alpha value is -0.550. The van der Waals surface area contributed by atoms with Crippen LogP contribution >= 0.6 is 38.9 Å². The Balaban J connectivity index is 2.25. The molecule has 0 aliphatic heterocycles. The zero-order chi connectivity index (χ0) is 13.1. The fourth-order valence-electron chi connectivity index (χ4n) is 1.58. The zero-order valence-electron chi connectivity index (χ0n) is 9.77. The van der Waals surface area contributed by atoms with Gasteiger partial charge < -0.3 is 10.5 Å². The van der Waals surface area contributed by atoms with Crippen LogP contribution in [-0.2, 0) is 0 Å². The van der Waals surface area contributed by atoms with Crippen molar-refractivity contribution >= 4 is 38.9 Å². The molecule has 0 saturated heterocycles. The van der Waals surface area contributed by atoms with Crippen molar-refractivity contribution in [2.45, 2.75) is 19.1 Å². The molecule has 18 heavy (non-hydrogen) atoms. The Bertz CT molecular complexity index is 529. The number of hydrogen-bond acceptors (Lipinski definition) is 3. The van der Waals surface area contributed by atoms with E-state index in [9.17, 15) is 0 Å². The van der Waals surface area contributed by atoms with Crippen LogP contribution in [0.1, 0.15) is 17.9 Å². The van der Waals surface area contributed by atoms with Crippen LogP contribution in [0.3, 0.4) is 0 Å². The number of ether oxygens (including phenoxy) is 1. The summed E-state index contributed by atoms with van der Waals surface area (Å²) in [5, 5.41) is 2.61. The largest absolute Gasteiger partial charge is 0.482 e. The second kappa shape index (κ2) is 6.06. The fraction of sp³-hybridized carbons (Fsp3) is 0.231. The number of nitrogens with two attached hydrogens (primary N) is 1. The zero-order valence-corrected chi connectivity index (χ0v) is 12.9. The molecule has 5 heteroatoms. The molecule has 0 spiro atoms. The summed E-state index contributed by atoms with van der Waals surface area (Å²) >= 11 is 11.1. The van der Waals surface area contributed by atoms with Gasteiger partial charge in [-0.05, 0) is 41.1 Å². The predicted octanol–water partition coefficient (Wildman–Crippen LogP) is 4.63. The van der Waals surface area contributed by atoms with Gasteiger partial charge >= 0.3 is 0 Å². The van der Waals surface area contributed by atoms with E-state index in [0.717, 1.165) is 9.35 Å². The molecule has 0 amide bonds. The third kappa shape index (κ3) is 3.26. The third-order valence-corrected chi connectivity index (χ3v) is 4.50. The van der Waals surface area contributed by atoms with Gasteiger partial charge in [-0.3, -0.25) is 0 Å². The number of benzene rings is 1. The normalized spacial score (nSPS) is 14.2. The highest BCUT2D eigenvalue weighted by atomic mass is 79.9. The van der Waals surface area contributed by atoms with Gasteiger partial charge in [0.05, 0.1) is 5.02 Å². The number of hydrogen-bond donors (Lipinski definition) is 1. The molecule has 1 aromatic carbocycles. The molecule has 2 N–H and O–H groups in total. The van der Waals surface area contributed by atoms with Crippen LogP contribution in [0.25, 0.3) is 0 Å². The number of rotatable bonds is 4. The molecular formula is C13H13BrClNOS. The third-order valence-electron chi connectivity index (χ3n) is 2.44. The smallest absolute Gasteiger partial charge is 0.148 e. The molecular weight excluding hydrogens is 334 g/mol. The van der Waals surface area contributed by atoms with E-state index in [-0.39, 0.29) is 12.1 Å². The van der Waals surface area contributed by atoms with Crippen LogP contribution in [0.5, 0.6) is 5.75 Å². The van der Waals surface area contributed by atoms with Gasteiger partial charge in [-0.25, -0.2) is 0 Å². The first-order valence-corrected chi connectivity index (χ1v) is 7.53. The molecule has 1 aromatic heterocycles. The van der Waals surface area contributed by atoms with Crippen LogP contribution in [-0.4, -0.2) is 6.04 Å². The van der Waals surface area contributed by atoms with E-state index in [1.807, 2.05) is 36.6 Å². The second-order valence-corrected chi connectivity index (χ2v) is 6.26. The second-order valence-electron chi connectivity index (χ2n) is 4.00. The number of halogens is 2. The van der Waals surface area contributed by atoms with Crippen molar-refractivity contribution in [2.75, 3.05) is 0 Å². The van der Waals surface area contributed by atoms with Crippen LogP contribution < -0.4 is 10.5 Å². The van der Waals surface area contributed by atoms with Gasteiger partial charge in [-0.1, -0.05) is 23.7 Å². The van der Waals surface area contributed by atoms with Crippen LogP contribution in [0, 0.1) is 0 Å². The SMILES string of the molecule is CC(N)C(Oc1ccccc1Cl)c1cc(Br)cs1. The van der Waals surface area contributed by atoms with E-state index in [1.165, 1.54) is 0 Å². The fourth-order valence-corrected chi connectivity index (χ4v) is 3.35. The van der Waals surface area contributed by atoms with Crippen LogP contribution in [0.2, 0.25) is 5.02 Å². The van der Waals surface area contributed by atoms with E-state index in [0.29, 0.717) is 10.8 Å². The van der Waals surface area contributed by atoms with E-state index in [1.54, 1.807) is 17.4 Å². The highest BCUT2D eigenvalue weighted by molar-refractivity contribution is 9.10. The maximum absolute atomic E-state index is 6.09. The Morgan fingerprint density at radius 2 is 2.11 bits per heavy atom. The van der Waals surface area contributed by atoms with Crippen LogP contribution in [0.4, 0.5) is 0 Å². The molecule has 2 aromatic rings. The van der Waals surface area contributed by atoms with Crippen molar-refractivity contribution < 1.29 is 4.74 Å². The van der Waals surface area contributed by atoms with Crippen molar-refractivity contribution in [3.63, 3.8) is 0 Å². The van der Waals surface area contributed by atoms with Gasteiger partial charge in [0.1, 0.15) is 11.9 Å². The Labute approximate surface area is 124 Å². The topological polar surface area (TPSA) is 35.2 Å². The van der Waals surface area contributed by atoms with E-state index in [2.05, 4.69) is 15.9 Å². The Morgan fingerprint density at radius 3 is 2.67 bits per heavy atom. The van der Waals surface area contributed by atoms with E-state index in [4.69, 9.17) is 22.1 Å². The molecule has 1 heterocycles. The maximum atomic E-state index is 6.09. The summed E-state index contributed by atoms with van der Waals surface area (Å²) in [6, 6.07) is 9.32. The molecule has 0 fully saturated rings. The molecule has 2 atom stereocenters. The summed E-state index contributed by atoms with van der Waals surface area (Å²) in [7, 11) is 0. The van der Waals surface area contributed by atoms with Crippen molar-refractivity contribution in [2.24, 2.45) is 5.73 Å². The summed E-state index contributed by atoms with van der Waals surface area (Å²) in [4.78, 5) is 1.08. The molecule has 0 bridgehead atoms. The number of para-hydroxylation sites is 1. The van der Waals surface area contributed by atoms with Gasteiger partial charge in [0.15, 0.2) is 0 Å². The summed E-state index contributed by atoms with van der Waals surface area (Å²) in [6.45, 7) is 1.93. The molecule has 0 aliphatic rings. The average molecular weight is 347 g/mol. The lowest BCUT2D eigenvalue weighted by Crippen LogP contribution is -2.28. The molecule has 96 valence electrons. The van der Waals surface area contributed by atoms with Crippen molar-refractivity contribution in [1.29, 1.82) is 0 Å². The molecule has 0 saturated carbocycles. The van der Waals surface area contributed by atoms with E-state index < -0.39 is 0 Å². The quantitative estimate of drug-likeness (QED) is 0.876. The molecule has 0 aliphatic carbocycles. The first-order valence-electron chi connectivity index (χ1n) is 5.48. The average Bonchev–Trinajstić information content (AvgIpc) is 2.74. The first kappa shape index (κ1) is 13.9. The summed E-state index contributed by atoms with van der Waals surface area (Å²) in [6.07, 6.45) is -0.193. The minimum Gasteiger partial charge on any atom is -0.482 e. The standard InChI is InChI=1S/C13H13BrClNOS/c1-8(16)13(12-6-9(14)7-18-12)17-11-5-3-2-4-10(11)15/h2-8,13H,16H2,1H3. The minimum absolute atomic E-state index is 0.119.